The van der Waals surface area contributed by atoms with Crippen molar-refractivity contribution in [3.05, 3.63) is 0 Å². The second-order valence-corrected chi connectivity index (χ2v) is 5.00. The topological polar surface area (TPSA) is 0 Å². The molecule has 0 aliphatic carbocycles. The summed E-state index contributed by atoms with van der Waals surface area (Å²) < 4.78 is 0. The van der Waals surface area contributed by atoms with Crippen LogP contribution in [-0.4, -0.2) is 0 Å². The Balaban J connectivity index is 4.00. The summed E-state index contributed by atoms with van der Waals surface area (Å²) in [4.78, 5) is 0. The lowest BCUT2D eigenvalue weighted by atomic mass is 9.80. The molecule has 0 radical (unpaired) electrons. The molecule has 0 heterocycles. The van der Waals surface area contributed by atoms with Gasteiger partial charge in [0.05, 0.1) is 0 Å². The van der Waals surface area contributed by atoms with Crippen molar-refractivity contribution < 1.29 is 0 Å². The molecule has 92 valence electrons. The fourth-order valence-corrected chi connectivity index (χ4v) is 2.69. The van der Waals surface area contributed by atoms with E-state index in [0.717, 1.165) is 11.8 Å². The van der Waals surface area contributed by atoms with Gasteiger partial charge in [0.1, 0.15) is 0 Å². The van der Waals surface area contributed by atoms with Crippen molar-refractivity contribution in [3.8, 4) is 0 Å². The maximum atomic E-state index is 2.38. The summed E-state index contributed by atoms with van der Waals surface area (Å²) >= 11 is 0. The monoisotopic (exact) mass is 212 g/mol. The molecule has 2 unspecified atom stereocenters. The fraction of sp³-hybridized carbons (Fsp3) is 1.00. The van der Waals surface area contributed by atoms with Crippen molar-refractivity contribution in [2.75, 3.05) is 0 Å². The van der Waals surface area contributed by atoms with Crippen molar-refractivity contribution in [3.63, 3.8) is 0 Å². The standard InChI is InChI=1S/C15H32/c1-5-9-12-14(8-4)15(11-7-3)13-10-6-2/h14-15H,5-13H2,1-4H3. The first-order valence-corrected chi connectivity index (χ1v) is 7.29. The van der Waals surface area contributed by atoms with Gasteiger partial charge in [0.25, 0.3) is 0 Å². The molecule has 0 heteroatoms. The van der Waals surface area contributed by atoms with Crippen LogP contribution >= 0.6 is 0 Å². The highest BCUT2D eigenvalue weighted by Gasteiger charge is 2.17. The Morgan fingerprint density at radius 1 is 0.600 bits per heavy atom. The molecule has 0 aromatic carbocycles. The van der Waals surface area contributed by atoms with Crippen LogP contribution in [0.3, 0.4) is 0 Å². The molecule has 0 aliphatic heterocycles. The Morgan fingerprint density at radius 3 is 1.53 bits per heavy atom. The third kappa shape index (κ3) is 6.98. The van der Waals surface area contributed by atoms with Crippen LogP contribution in [0.25, 0.3) is 0 Å². The summed E-state index contributed by atoms with van der Waals surface area (Å²) in [6.07, 6.45) is 12.8. The molecule has 0 saturated carbocycles. The first-order chi connectivity index (χ1) is 7.29. The molecule has 0 saturated heterocycles. The lowest BCUT2D eigenvalue weighted by molar-refractivity contribution is 0.257. The van der Waals surface area contributed by atoms with Crippen LogP contribution in [0.5, 0.6) is 0 Å². The van der Waals surface area contributed by atoms with E-state index in [2.05, 4.69) is 27.7 Å². The van der Waals surface area contributed by atoms with E-state index in [0.29, 0.717) is 0 Å². The van der Waals surface area contributed by atoms with E-state index in [9.17, 15) is 0 Å². The van der Waals surface area contributed by atoms with Crippen molar-refractivity contribution in [1.29, 1.82) is 0 Å². The summed E-state index contributed by atoms with van der Waals surface area (Å²) in [7, 11) is 0. The zero-order chi connectivity index (χ0) is 11.5. The normalized spacial score (nSPS) is 15.2. The molecule has 0 aliphatic rings. The van der Waals surface area contributed by atoms with E-state index in [1.165, 1.54) is 57.8 Å². The zero-order valence-corrected chi connectivity index (χ0v) is 11.5. The number of rotatable bonds is 10. The SMILES string of the molecule is CCCCC(CC)C(CCC)CCCC. The molecule has 0 N–H and O–H groups in total. The number of hydrogen-bond donors (Lipinski definition) is 0. The Hall–Kier alpha value is 0. The first kappa shape index (κ1) is 15.0. The molecule has 0 aromatic rings. The van der Waals surface area contributed by atoms with Crippen LogP contribution in [0.2, 0.25) is 0 Å². The predicted octanol–water partition coefficient (Wildman–Crippen LogP) is 5.81. The molecule has 2 atom stereocenters. The van der Waals surface area contributed by atoms with Crippen molar-refractivity contribution >= 4 is 0 Å². The van der Waals surface area contributed by atoms with Crippen LogP contribution < -0.4 is 0 Å². The quantitative estimate of drug-likeness (QED) is 0.429. The van der Waals surface area contributed by atoms with E-state index in [4.69, 9.17) is 0 Å². The van der Waals surface area contributed by atoms with Gasteiger partial charge in [-0.1, -0.05) is 85.5 Å². The van der Waals surface area contributed by atoms with E-state index < -0.39 is 0 Å². The van der Waals surface area contributed by atoms with Crippen LogP contribution in [-0.2, 0) is 0 Å². The third-order valence-electron chi connectivity index (χ3n) is 3.71. The van der Waals surface area contributed by atoms with Gasteiger partial charge in [-0.15, -0.1) is 0 Å². The molecule has 0 rings (SSSR count). The molecule has 0 nitrogen and oxygen atoms in total. The average molecular weight is 212 g/mol. The largest absolute Gasteiger partial charge is 0.0654 e. The highest BCUT2D eigenvalue weighted by Crippen LogP contribution is 2.30. The van der Waals surface area contributed by atoms with E-state index in [1.54, 1.807) is 0 Å². The highest BCUT2D eigenvalue weighted by molar-refractivity contribution is 4.69. The molecular formula is C15H32. The average Bonchev–Trinajstić information content (AvgIpc) is 2.26. The molecule has 0 spiro atoms. The van der Waals surface area contributed by atoms with E-state index >= 15 is 0 Å². The molecule has 0 bridgehead atoms. The minimum Gasteiger partial charge on any atom is -0.0654 e. The summed E-state index contributed by atoms with van der Waals surface area (Å²) in [5.74, 6) is 2.03. The van der Waals surface area contributed by atoms with Gasteiger partial charge in [0.15, 0.2) is 0 Å². The smallest absolute Gasteiger partial charge is 0.0386 e. The maximum Gasteiger partial charge on any atom is -0.0386 e. The predicted molar refractivity (Wildman–Crippen MR) is 71.2 cm³/mol. The van der Waals surface area contributed by atoms with Gasteiger partial charge in [0.2, 0.25) is 0 Å². The van der Waals surface area contributed by atoms with Crippen LogP contribution in [0.4, 0.5) is 0 Å². The zero-order valence-electron chi connectivity index (χ0n) is 11.5. The Labute approximate surface area is 97.8 Å². The van der Waals surface area contributed by atoms with Crippen LogP contribution in [0.1, 0.15) is 85.5 Å². The van der Waals surface area contributed by atoms with Crippen molar-refractivity contribution in [1.82, 2.24) is 0 Å². The van der Waals surface area contributed by atoms with Gasteiger partial charge in [-0.25, -0.2) is 0 Å². The summed E-state index contributed by atoms with van der Waals surface area (Å²) in [5, 5.41) is 0. The number of unbranched alkanes of at least 4 members (excludes halogenated alkanes) is 2. The Morgan fingerprint density at radius 2 is 1.13 bits per heavy atom. The third-order valence-corrected chi connectivity index (χ3v) is 3.71. The maximum absolute atomic E-state index is 2.38. The van der Waals surface area contributed by atoms with Crippen molar-refractivity contribution in [2.24, 2.45) is 11.8 Å². The van der Waals surface area contributed by atoms with Gasteiger partial charge >= 0.3 is 0 Å². The fourth-order valence-electron chi connectivity index (χ4n) is 2.69. The highest BCUT2D eigenvalue weighted by atomic mass is 14.2. The molecular weight excluding hydrogens is 180 g/mol. The minimum absolute atomic E-state index is 1.01. The summed E-state index contributed by atoms with van der Waals surface area (Å²) in [5.41, 5.74) is 0. The van der Waals surface area contributed by atoms with Gasteiger partial charge in [-0.3, -0.25) is 0 Å². The van der Waals surface area contributed by atoms with Gasteiger partial charge in [0, 0.05) is 0 Å². The Bertz CT molecular complexity index is 117. The summed E-state index contributed by atoms with van der Waals surface area (Å²) in [6, 6.07) is 0. The summed E-state index contributed by atoms with van der Waals surface area (Å²) in [6.45, 7) is 9.35. The molecule has 0 fully saturated rings. The van der Waals surface area contributed by atoms with Gasteiger partial charge < -0.3 is 0 Å². The van der Waals surface area contributed by atoms with Gasteiger partial charge in [-0.05, 0) is 11.8 Å². The lowest BCUT2D eigenvalue weighted by Gasteiger charge is -2.26. The van der Waals surface area contributed by atoms with Gasteiger partial charge in [-0.2, -0.15) is 0 Å². The van der Waals surface area contributed by atoms with Crippen LogP contribution in [0.15, 0.2) is 0 Å². The molecule has 15 heavy (non-hydrogen) atoms. The van der Waals surface area contributed by atoms with Crippen LogP contribution in [0, 0.1) is 11.8 Å². The lowest BCUT2D eigenvalue weighted by Crippen LogP contribution is -2.14. The number of hydrogen-bond acceptors (Lipinski definition) is 0. The van der Waals surface area contributed by atoms with E-state index in [-0.39, 0.29) is 0 Å². The minimum atomic E-state index is 1.01. The van der Waals surface area contributed by atoms with Crippen molar-refractivity contribution in [2.45, 2.75) is 85.5 Å². The van der Waals surface area contributed by atoms with E-state index in [1.807, 2.05) is 0 Å². The molecule has 0 amide bonds. The second kappa shape index (κ2) is 10.5. The Kier molecular flexibility index (Phi) is 10.5. The second-order valence-electron chi connectivity index (χ2n) is 5.00. The molecule has 0 aromatic heterocycles. The first-order valence-electron chi connectivity index (χ1n) is 7.29.